The zero-order valence-electron chi connectivity index (χ0n) is 12.1. The Balaban J connectivity index is 1.97. The van der Waals surface area contributed by atoms with Crippen LogP contribution in [0.5, 0.6) is 0 Å². The normalized spacial score (nSPS) is 22.2. The predicted molar refractivity (Wildman–Crippen MR) is 76.4 cm³/mol. The third-order valence-corrected chi connectivity index (χ3v) is 4.07. The molecule has 1 aromatic carbocycles. The Bertz CT molecular complexity index is 453. The van der Waals surface area contributed by atoms with Crippen LogP contribution in [0.15, 0.2) is 18.2 Å². The van der Waals surface area contributed by atoms with E-state index in [1.165, 1.54) is 18.6 Å². The second-order valence-corrected chi connectivity index (χ2v) is 5.77. The Kier molecular flexibility index (Phi) is 5.07. The summed E-state index contributed by atoms with van der Waals surface area (Å²) in [6.07, 6.45) is 2.31. The maximum absolute atomic E-state index is 13.7. The van der Waals surface area contributed by atoms with Crippen molar-refractivity contribution in [1.82, 2.24) is 9.80 Å². The number of nitrogens with zero attached hydrogens (tertiary/aromatic N) is 2. The van der Waals surface area contributed by atoms with Gasteiger partial charge in [-0.3, -0.25) is 0 Å². The van der Waals surface area contributed by atoms with Gasteiger partial charge < -0.3 is 15.5 Å². The SMILES string of the molecule is CN1CCCC(N(C)CC(N)c2ccc(F)cc2F)C1. The van der Waals surface area contributed by atoms with Gasteiger partial charge in [0.2, 0.25) is 0 Å². The first kappa shape index (κ1) is 15.4. The maximum Gasteiger partial charge on any atom is 0.130 e. The van der Waals surface area contributed by atoms with Crippen molar-refractivity contribution >= 4 is 0 Å². The van der Waals surface area contributed by atoms with E-state index in [4.69, 9.17) is 5.73 Å². The molecule has 112 valence electrons. The van der Waals surface area contributed by atoms with E-state index in [0.717, 1.165) is 25.6 Å². The van der Waals surface area contributed by atoms with Crippen molar-refractivity contribution in [3.63, 3.8) is 0 Å². The van der Waals surface area contributed by atoms with Crippen LogP contribution in [0.2, 0.25) is 0 Å². The predicted octanol–water partition coefficient (Wildman–Crippen LogP) is 1.99. The number of likely N-dealkylation sites (N-methyl/N-ethyl adjacent to an activating group) is 2. The highest BCUT2D eigenvalue weighted by atomic mass is 19.1. The van der Waals surface area contributed by atoms with Crippen molar-refractivity contribution in [2.24, 2.45) is 5.73 Å². The average Bonchev–Trinajstić information content (AvgIpc) is 2.38. The first-order chi connectivity index (χ1) is 9.47. The molecule has 0 spiro atoms. The van der Waals surface area contributed by atoms with Crippen LogP contribution in [-0.4, -0.2) is 49.6 Å². The zero-order chi connectivity index (χ0) is 14.7. The second-order valence-electron chi connectivity index (χ2n) is 5.77. The lowest BCUT2D eigenvalue weighted by molar-refractivity contribution is 0.129. The number of rotatable bonds is 4. The van der Waals surface area contributed by atoms with Crippen LogP contribution in [0.4, 0.5) is 8.78 Å². The van der Waals surface area contributed by atoms with Gasteiger partial charge in [-0.25, -0.2) is 8.78 Å². The molecule has 2 N–H and O–H groups in total. The van der Waals surface area contributed by atoms with Gasteiger partial charge in [-0.05, 0) is 39.5 Å². The number of likely N-dealkylation sites (tertiary alicyclic amines) is 1. The van der Waals surface area contributed by atoms with E-state index in [-0.39, 0.29) is 0 Å². The molecule has 1 fully saturated rings. The van der Waals surface area contributed by atoms with Gasteiger partial charge in [0.15, 0.2) is 0 Å². The molecule has 0 bridgehead atoms. The Morgan fingerprint density at radius 3 is 2.85 bits per heavy atom. The van der Waals surface area contributed by atoms with Gasteiger partial charge in [0, 0.05) is 36.8 Å². The fourth-order valence-electron chi connectivity index (χ4n) is 2.86. The van der Waals surface area contributed by atoms with Gasteiger partial charge in [0.1, 0.15) is 11.6 Å². The largest absolute Gasteiger partial charge is 0.323 e. The summed E-state index contributed by atoms with van der Waals surface area (Å²) >= 11 is 0. The molecule has 0 radical (unpaired) electrons. The molecule has 1 saturated heterocycles. The molecular weight excluding hydrogens is 260 g/mol. The van der Waals surface area contributed by atoms with Crippen LogP contribution in [0.3, 0.4) is 0 Å². The summed E-state index contributed by atoms with van der Waals surface area (Å²) in [6.45, 7) is 2.71. The Morgan fingerprint density at radius 1 is 1.45 bits per heavy atom. The Labute approximate surface area is 119 Å². The lowest BCUT2D eigenvalue weighted by atomic mass is 10.0. The molecule has 0 aliphatic carbocycles. The van der Waals surface area contributed by atoms with Crippen molar-refractivity contribution in [2.45, 2.75) is 24.9 Å². The highest BCUT2D eigenvalue weighted by molar-refractivity contribution is 5.22. The molecule has 1 heterocycles. The lowest BCUT2D eigenvalue weighted by Gasteiger charge is -2.37. The van der Waals surface area contributed by atoms with Crippen LogP contribution >= 0.6 is 0 Å². The average molecular weight is 283 g/mol. The van der Waals surface area contributed by atoms with E-state index in [1.54, 1.807) is 0 Å². The molecule has 0 saturated carbocycles. The summed E-state index contributed by atoms with van der Waals surface area (Å²) in [5, 5.41) is 0. The van der Waals surface area contributed by atoms with Crippen LogP contribution in [-0.2, 0) is 0 Å². The minimum Gasteiger partial charge on any atom is -0.323 e. The standard InChI is InChI=1S/C15H23F2N3/c1-19-7-3-4-12(9-19)20(2)10-15(18)13-6-5-11(16)8-14(13)17/h5-6,8,12,15H,3-4,7,9-10,18H2,1-2H3. The van der Waals surface area contributed by atoms with Gasteiger partial charge in [0.25, 0.3) is 0 Å². The summed E-state index contributed by atoms with van der Waals surface area (Å²) < 4.78 is 26.6. The van der Waals surface area contributed by atoms with Gasteiger partial charge in [-0.2, -0.15) is 0 Å². The highest BCUT2D eigenvalue weighted by Gasteiger charge is 2.23. The van der Waals surface area contributed by atoms with Gasteiger partial charge in [-0.15, -0.1) is 0 Å². The maximum atomic E-state index is 13.7. The summed E-state index contributed by atoms with van der Waals surface area (Å²) in [7, 11) is 4.13. The fraction of sp³-hybridized carbons (Fsp3) is 0.600. The van der Waals surface area contributed by atoms with Crippen LogP contribution in [0.1, 0.15) is 24.4 Å². The summed E-state index contributed by atoms with van der Waals surface area (Å²) in [5.74, 6) is -1.13. The molecule has 3 nitrogen and oxygen atoms in total. The van der Waals surface area contributed by atoms with Gasteiger partial charge in [-0.1, -0.05) is 6.07 Å². The molecule has 1 aliphatic heterocycles. The van der Waals surface area contributed by atoms with Crippen LogP contribution in [0, 0.1) is 11.6 Å². The third kappa shape index (κ3) is 3.75. The molecular formula is C15H23F2N3. The lowest BCUT2D eigenvalue weighted by Crippen LogP contribution is -2.46. The zero-order valence-corrected chi connectivity index (χ0v) is 12.1. The van der Waals surface area contributed by atoms with Gasteiger partial charge in [0.05, 0.1) is 0 Å². The van der Waals surface area contributed by atoms with E-state index in [0.29, 0.717) is 18.2 Å². The second kappa shape index (κ2) is 6.61. The number of halogens is 2. The Morgan fingerprint density at radius 2 is 2.20 bits per heavy atom. The van der Waals surface area contributed by atoms with E-state index in [2.05, 4.69) is 16.8 Å². The molecule has 2 rings (SSSR count). The monoisotopic (exact) mass is 283 g/mol. The summed E-state index contributed by atoms with van der Waals surface area (Å²) in [6, 6.07) is 3.60. The quantitative estimate of drug-likeness (QED) is 0.917. The molecule has 1 aliphatic rings. The minimum absolute atomic E-state index is 0.377. The van der Waals surface area contributed by atoms with Crippen molar-refractivity contribution in [1.29, 1.82) is 0 Å². The molecule has 2 unspecified atom stereocenters. The van der Waals surface area contributed by atoms with Crippen molar-refractivity contribution < 1.29 is 8.78 Å². The first-order valence-corrected chi connectivity index (χ1v) is 7.06. The molecule has 1 aromatic rings. The number of piperidine rings is 1. The van der Waals surface area contributed by atoms with Crippen LogP contribution < -0.4 is 5.73 Å². The van der Waals surface area contributed by atoms with E-state index < -0.39 is 17.7 Å². The first-order valence-electron chi connectivity index (χ1n) is 7.06. The molecule has 20 heavy (non-hydrogen) atoms. The minimum atomic E-state index is -0.569. The topological polar surface area (TPSA) is 32.5 Å². The van der Waals surface area contributed by atoms with E-state index >= 15 is 0 Å². The number of nitrogens with two attached hydrogens (primary N) is 1. The molecule has 0 amide bonds. The number of hydrogen-bond acceptors (Lipinski definition) is 3. The summed E-state index contributed by atoms with van der Waals surface area (Å²) in [5.41, 5.74) is 6.45. The summed E-state index contributed by atoms with van der Waals surface area (Å²) in [4.78, 5) is 4.48. The Hall–Kier alpha value is -1.04. The van der Waals surface area contributed by atoms with Crippen LogP contribution in [0.25, 0.3) is 0 Å². The van der Waals surface area contributed by atoms with Crippen molar-refractivity contribution in [3.05, 3.63) is 35.4 Å². The third-order valence-electron chi connectivity index (χ3n) is 4.07. The van der Waals surface area contributed by atoms with E-state index in [9.17, 15) is 8.78 Å². The smallest absolute Gasteiger partial charge is 0.130 e. The fourth-order valence-corrected chi connectivity index (χ4v) is 2.86. The molecule has 0 aromatic heterocycles. The molecule has 2 atom stereocenters. The number of benzene rings is 1. The number of hydrogen-bond donors (Lipinski definition) is 1. The van der Waals surface area contributed by atoms with E-state index in [1.807, 2.05) is 7.05 Å². The van der Waals surface area contributed by atoms with Gasteiger partial charge >= 0.3 is 0 Å². The highest BCUT2D eigenvalue weighted by Crippen LogP contribution is 2.20. The van der Waals surface area contributed by atoms with Crippen molar-refractivity contribution in [3.8, 4) is 0 Å². The van der Waals surface area contributed by atoms with Crippen molar-refractivity contribution in [2.75, 3.05) is 33.7 Å². The molecule has 5 heteroatoms.